The number of rotatable bonds is 12. The minimum Gasteiger partial charge on any atom is -0.444 e. The van der Waals surface area contributed by atoms with E-state index in [-0.39, 0.29) is 11.6 Å². The van der Waals surface area contributed by atoms with Gasteiger partial charge in [-0.2, -0.15) is 0 Å². The van der Waals surface area contributed by atoms with Crippen LogP contribution in [-0.4, -0.2) is 35.3 Å². The predicted molar refractivity (Wildman–Crippen MR) is 148 cm³/mol. The van der Waals surface area contributed by atoms with Gasteiger partial charge in [-0.3, -0.25) is 4.90 Å². The summed E-state index contributed by atoms with van der Waals surface area (Å²) >= 11 is 0. The molecule has 196 valence electrons. The number of hydrogen-bond donors (Lipinski definition) is 1. The minimum absolute atomic E-state index is 0.0872. The topological polar surface area (TPSA) is 50.8 Å². The fourth-order valence-corrected chi connectivity index (χ4v) is 4.95. The van der Waals surface area contributed by atoms with Gasteiger partial charge in [-0.1, -0.05) is 91.0 Å². The molecule has 0 heterocycles. The Bertz CT molecular complexity index is 1060. The number of nitrogens with one attached hydrogen (secondary N) is 1. The summed E-state index contributed by atoms with van der Waals surface area (Å²) in [6, 6.07) is 31.6. The molecule has 5 heteroatoms. The molecule has 2 atom stereocenters. The molecule has 0 aliphatic heterocycles. The first-order valence-corrected chi connectivity index (χ1v) is 13.3. The highest BCUT2D eigenvalue weighted by molar-refractivity contribution is 5.67. The van der Waals surface area contributed by atoms with Gasteiger partial charge in [-0.25, -0.2) is 4.79 Å². The number of hydrogen-bond acceptors (Lipinski definition) is 4. The number of alkyl carbamates (subject to hydrolysis) is 1. The maximum Gasteiger partial charge on any atom is 0.407 e. The number of carbonyl (C=O) groups excluding carboxylic acids is 1. The zero-order chi connectivity index (χ0) is 26.1. The molecule has 1 amide bonds. The van der Waals surface area contributed by atoms with E-state index >= 15 is 0 Å². The van der Waals surface area contributed by atoms with Gasteiger partial charge in [0.1, 0.15) is 5.60 Å². The van der Waals surface area contributed by atoms with E-state index in [0.717, 1.165) is 25.9 Å². The van der Waals surface area contributed by atoms with Crippen molar-refractivity contribution in [1.82, 2.24) is 10.2 Å². The number of ether oxygens (including phenoxy) is 2. The molecule has 3 aromatic carbocycles. The minimum atomic E-state index is -0.499. The quantitative estimate of drug-likeness (QED) is 0.305. The summed E-state index contributed by atoms with van der Waals surface area (Å²) in [5.74, 6) is 0.422. The lowest BCUT2D eigenvalue weighted by Gasteiger charge is -2.34. The molecule has 1 aliphatic carbocycles. The van der Waals surface area contributed by atoms with Gasteiger partial charge in [0, 0.05) is 25.2 Å². The number of carbonyl (C=O) groups is 1. The third-order valence-electron chi connectivity index (χ3n) is 6.89. The Labute approximate surface area is 221 Å². The monoisotopic (exact) mass is 500 g/mol. The first-order chi connectivity index (χ1) is 17.8. The molecule has 0 spiro atoms. The van der Waals surface area contributed by atoms with Crippen molar-refractivity contribution in [2.45, 2.75) is 64.4 Å². The highest BCUT2D eigenvalue weighted by Crippen LogP contribution is 2.52. The van der Waals surface area contributed by atoms with Crippen LogP contribution in [-0.2, 0) is 29.2 Å². The van der Waals surface area contributed by atoms with Crippen molar-refractivity contribution in [3.63, 3.8) is 0 Å². The van der Waals surface area contributed by atoms with Crippen molar-refractivity contribution in [2.75, 3.05) is 13.2 Å². The van der Waals surface area contributed by atoms with E-state index in [0.29, 0.717) is 25.7 Å². The standard InChI is InChI=1S/C32H40N2O3/c1-31(2,3)37-30(35)33-20-19-29-21-32(29,25-36-24-28-17-11-6-12-18-28)34(22-26-13-7-4-8-14-26)23-27-15-9-5-10-16-27/h4-18,29H,19-25H2,1-3H3,(H,33,35)/t29-,32-/m0/s1. The number of amides is 1. The third-order valence-corrected chi connectivity index (χ3v) is 6.89. The van der Waals surface area contributed by atoms with Gasteiger partial charge in [-0.05, 0) is 56.2 Å². The molecule has 37 heavy (non-hydrogen) atoms. The fourth-order valence-electron chi connectivity index (χ4n) is 4.95. The molecule has 1 N–H and O–H groups in total. The average Bonchev–Trinajstić information content (AvgIpc) is 3.58. The molecule has 1 fully saturated rings. The Hall–Kier alpha value is -3.15. The van der Waals surface area contributed by atoms with Crippen LogP contribution in [0.2, 0.25) is 0 Å². The summed E-state index contributed by atoms with van der Waals surface area (Å²) in [5, 5.41) is 2.95. The summed E-state index contributed by atoms with van der Waals surface area (Å²) in [6.07, 6.45) is 1.57. The molecular weight excluding hydrogens is 460 g/mol. The van der Waals surface area contributed by atoms with E-state index in [1.54, 1.807) is 0 Å². The van der Waals surface area contributed by atoms with Crippen LogP contribution >= 0.6 is 0 Å². The van der Waals surface area contributed by atoms with Crippen LogP contribution < -0.4 is 5.32 Å². The first kappa shape index (κ1) is 26.9. The van der Waals surface area contributed by atoms with Crippen LogP contribution in [0.15, 0.2) is 91.0 Å². The Kier molecular flexibility index (Phi) is 9.01. The van der Waals surface area contributed by atoms with Crippen molar-refractivity contribution in [3.8, 4) is 0 Å². The summed E-state index contributed by atoms with van der Waals surface area (Å²) in [7, 11) is 0. The van der Waals surface area contributed by atoms with Gasteiger partial charge in [0.2, 0.25) is 0 Å². The first-order valence-electron chi connectivity index (χ1n) is 13.3. The maximum atomic E-state index is 12.2. The Morgan fingerprint density at radius 1 is 0.865 bits per heavy atom. The van der Waals surface area contributed by atoms with Crippen LogP contribution in [0.3, 0.4) is 0 Å². The second-order valence-corrected chi connectivity index (χ2v) is 11.0. The van der Waals surface area contributed by atoms with Crippen molar-refractivity contribution < 1.29 is 14.3 Å². The van der Waals surface area contributed by atoms with Gasteiger partial charge in [0.25, 0.3) is 0 Å². The largest absolute Gasteiger partial charge is 0.444 e. The lowest BCUT2D eigenvalue weighted by molar-refractivity contribution is 0.0207. The fraction of sp³-hybridized carbons (Fsp3) is 0.406. The van der Waals surface area contributed by atoms with Crippen molar-refractivity contribution in [2.24, 2.45) is 5.92 Å². The Morgan fingerprint density at radius 2 is 1.38 bits per heavy atom. The van der Waals surface area contributed by atoms with Crippen LogP contribution in [0.5, 0.6) is 0 Å². The highest BCUT2D eigenvalue weighted by Gasteiger charge is 2.57. The lowest BCUT2D eigenvalue weighted by atomic mass is 10.1. The predicted octanol–water partition coefficient (Wildman–Crippen LogP) is 6.58. The smallest absolute Gasteiger partial charge is 0.407 e. The lowest BCUT2D eigenvalue weighted by Crippen LogP contribution is -2.42. The SMILES string of the molecule is CC(C)(C)OC(=O)NCC[C@H]1C[C@@]1(COCc1ccccc1)N(Cc1ccccc1)Cc1ccccc1. The van der Waals surface area contributed by atoms with E-state index < -0.39 is 5.60 Å². The summed E-state index contributed by atoms with van der Waals surface area (Å²) in [5.41, 5.74) is 3.17. The van der Waals surface area contributed by atoms with E-state index in [4.69, 9.17) is 9.47 Å². The van der Waals surface area contributed by atoms with Crippen LogP contribution in [0.25, 0.3) is 0 Å². The van der Waals surface area contributed by atoms with E-state index in [1.807, 2.05) is 39.0 Å². The Morgan fingerprint density at radius 3 is 1.89 bits per heavy atom. The molecule has 5 nitrogen and oxygen atoms in total. The van der Waals surface area contributed by atoms with Gasteiger partial charge in [-0.15, -0.1) is 0 Å². The van der Waals surface area contributed by atoms with Crippen LogP contribution in [0.1, 0.15) is 50.3 Å². The summed E-state index contributed by atoms with van der Waals surface area (Å²) in [4.78, 5) is 14.8. The van der Waals surface area contributed by atoms with Crippen LogP contribution in [0.4, 0.5) is 4.79 Å². The van der Waals surface area contributed by atoms with Gasteiger partial charge in [0.15, 0.2) is 0 Å². The Balaban J connectivity index is 1.48. The maximum absolute atomic E-state index is 12.2. The van der Waals surface area contributed by atoms with E-state index in [1.165, 1.54) is 16.7 Å². The van der Waals surface area contributed by atoms with Crippen LogP contribution in [0, 0.1) is 5.92 Å². The van der Waals surface area contributed by atoms with Crippen molar-refractivity contribution in [3.05, 3.63) is 108 Å². The summed E-state index contributed by atoms with van der Waals surface area (Å²) < 4.78 is 11.8. The number of benzene rings is 3. The average molecular weight is 501 g/mol. The second kappa shape index (κ2) is 12.4. The molecular formula is C32H40N2O3. The van der Waals surface area contributed by atoms with E-state index in [2.05, 4.69) is 83.0 Å². The molecule has 4 rings (SSSR count). The van der Waals surface area contributed by atoms with Crippen molar-refractivity contribution in [1.29, 1.82) is 0 Å². The zero-order valence-corrected chi connectivity index (χ0v) is 22.4. The van der Waals surface area contributed by atoms with Gasteiger partial charge in [0.05, 0.1) is 13.2 Å². The third kappa shape index (κ3) is 8.17. The molecule has 3 aromatic rings. The normalized spacial score (nSPS) is 19.0. The molecule has 0 saturated heterocycles. The van der Waals surface area contributed by atoms with Crippen molar-refractivity contribution >= 4 is 6.09 Å². The van der Waals surface area contributed by atoms with Gasteiger partial charge >= 0.3 is 6.09 Å². The number of nitrogens with zero attached hydrogens (tertiary/aromatic N) is 1. The zero-order valence-electron chi connectivity index (χ0n) is 22.4. The van der Waals surface area contributed by atoms with E-state index in [9.17, 15) is 4.79 Å². The molecule has 0 bridgehead atoms. The molecule has 1 aliphatic rings. The van der Waals surface area contributed by atoms with Gasteiger partial charge < -0.3 is 14.8 Å². The molecule has 0 aromatic heterocycles. The molecule has 0 unspecified atom stereocenters. The highest BCUT2D eigenvalue weighted by atomic mass is 16.6. The summed E-state index contributed by atoms with van der Waals surface area (Å²) in [6.45, 7) is 9.18. The molecule has 1 saturated carbocycles. The second-order valence-electron chi connectivity index (χ2n) is 11.0. The molecule has 0 radical (unpaired) electrons.